The normalized spacial score (nSPS) is 11.8. The van der Waals surface area contributed by atoms with Gasteiger partial charge in [-0.05, 0) is 63.8 Å². The van der Waals surface area contributed by atoms with Gasteiger partial charge in [-0.1, -0.05) is 69.6 Å². The number of rotatable bonds is 4. The first-order chi connectivity index (χ1) is 10.7. The second-order valence-electron chi connectivity index (χ2n) is 7.24. The van der Waals surface area contributed by atoms with Crippen molar-refractivity contribution in [1.82, 2.24) is 0 Å². The molecule has 23 heavy (non-hydrogen) atoms. The van der Waals surface area contributed by atoms with E-state index in [4.69, 9.17) is 0 Å². The van der Waals surface area contributed by atoms with Crippen LogP contribution in [0.1, 0.15) is 76.0 Å². The molecule has 2 aromatic rings. The quantitative estimate of drug-likeness (QED) is 0.506. The highest BCUT2D eigenvalue weighted by atomic mass is 79.9. The van der Waals surface area contributed by atoms with Gasteiger partial charge in [-0.25, -0.2) is 0 Å². The molecule has 0 aromatic heterocycles. The van der Waals surface area contributed by atoms with Crippen molar-refractivity contribution >= 4 is 28.6 Å². The molecule has 0 saturated carbocycles. The zero-order valence-electron chi connectivity index (χ0n) is 14.9. The van der Waals surface area contributed by atoms with E-state index < -0.39 is 0 Å². The van der Waals surface area contributed by atoms with Crippen LogP contribution in [-0.4, -0.2) is 0 Å². The van der Waals surface area contributed by atoms with Gasteiger partial charge in [0, 0.05) is 9.37 Å². The maximum Gasteiger partial charge on any atom is 0.0192 e. The van der Waals surface area contributed by atoms with E-state index in [9.17, 15) is 0 Å². The molecule has 124 valence electrons. The fourth-order valence-electron chi connectivity index (χ4n) is 3.01. The van der Waals surface area contributed by atoms with Crippen LogP contribution in [0.3, 0.4) is 0 Å². The molecule has 0 atom stereocenters. The molecule has 0 unspecified atom stereocenters. The van der Waals surface area contributed by atoms with Crippen LogP contribution >= 0.6 is 28.6 Å². The molecule has 2 rings (SSSR count). The zero-order chi connectivity index (χ0) is 17.3. The highest BCUT2D eigenvalue weighted by Gasteiger charge is 2.18. The van der Waals surface area contributed by atoms with Crippen LogP contribution in [0.4, 0.5) is 0 Å². The number of halogens is 1. The van der Waals surface area contributed by atoms with Gasteiger partial charge >= 0.3 is 0 Å². The standard InChI is InChI=1S/C21H27BrS/c1-12(2)15-9-19(13(3)4)21(20(10-15)14(5)6)16-7-17(22)11-18(23)8-16/h7-14,23H,1-6H3. The van der Waals surface area contributed by atoms with Crippen molar-refractivity contribution in [1.29, 1.82) is 0 Å². The van der Waals surface area contributed by atoms with Gasteiger partial charge in [-0.2, -0.15) is 0 Å². The van der Waals surface area contributed by atoms with Gasteiger partial charge in [-0.15, -0.1) is 12.6 Å². The van der Waals surface area contributed by atoms with Gasteiger partial charge in [0.05, 0.1) is 0 Å². The second kappa shape index (κ2) is 7.44. The smallest absolute Gasteiger partial charge is 0.0192 e. The monoisotopic (exact) mass is 390 g/mol. The highest BCUT2D eigenvalue weighted by Crippen LogP contribution is 2.40. The lowest BCUT2D eigenvalue weighted by atomic mass is 9.82. The lowest BCUT2D eigenvalue weighted by Gasteiger charge is -2.23. The summed E-state index contributed by atoms with van der Waals surface area (Å²) in [6.45, 7) is 13.7. The number of hydrogen-bond donors (Lipinski definition) is 1. The van der Waals surface area contributed by atoms with Gasteiger partial charge in [0.25, 0.3) is 0 Å². The van der Waals surface area contributed by atoms with E-state index in [0.717, 1.165) is 9.37 Å². The molecule has 0 aliphatic carbocycles. The van der Waals surface area contributed by atoms with Crippen molar-refractivity contribution in [3.05, 3.63) is 51.5 Å². The molecule has 0 aliphatic heterocycles. The molecule has 0 amide bonds. The van der Waals surface area contributed by atoms with Crippen LogP contribution in [0.15, 0.2) is 39.7 Å². The van der Waals surface area contributed by atoms with Gasteiger partial charge in [0.1, 0.15) is 0 Å². The summed E-state index contributed by atoms with van der Waals surface area (Å²) in [5.74, 6) is 1.52. The Morgan fingerprint density at radius 2 is 1.26 bits per heavy atom. The van der Waals surface area contributed by atoms with Gasteiger partial charge in [-0.3, -0.25) is 0 Å². The Balaban J connectivity index is 2.83. The van der Waals surface area contributed by atoms with Crippen LogP contribution in [0, 0.1) is 0 Å². The first-order valence-electron chi connectivity index (χ1n) is 8.38. The third-order valence-electron chi connectivity index (χ3n) is 4.30. The Morgan fingerprint density at radius 3 is 1.65 bits per heavy atom. The first kappa shape index (κ1) is 18.6. The minimum absolute atomic E-state index is 0.489. The van der Waals surface area contributed by atoms with Crippen molar-refractivity contribution in [2.24, 2.45) is 0 Å². The van der Waals surface area contributed by atoms with Crippen LogP contribution in [-0.2, 0) is 0 Å². The van der Waals surface area contributed by atoms with Crippen LogP contribution in [0.5, 0.6) is 0 Å². The van der Waals surface area contributed by atoms with E-state index in [1.165, 1.54) is 27.8 Å². The Labute approximate surface area is 155 Å². The fourth-order valence-corrected chi connectivity index (χ4v) is 3.96. The predicted molar refractivity (Wildman–Crippen MR) is 109 cm³/mol. The minimum atomic E-state index is 0.489. The second-order valence-corrected chi connectivity index (χ2v) is 8.67. The molecule has 2 aromatic carbocycles. The molecule has 0 radical (unpaired) electrons. The number of thiol groups is 1. The molecule has 0 nitrogen and oxygen atoms in total. The van der Waals surface area contributed by atoms with E-state index in [1.54, 1.807) is 0 Å². The van der Waals surface area contributed by atoms with Gasteiger partial charge < -0.3 is 0 Å². The molecule has 0 fully saturated rings. The SMILES string of the molecule is CC(C)c1cc(C(C)C)c(-c2cc(S)cc(Br)c2)c(C(C)C)c1. The van der Waals surface area contributed by atoms with E-state index in [2.05, 4.69) is 94.4 Å². The molecule has 2 heteroatoms. The average molecular weight is 391 g/mol. The van der Waals surface area contributed by atoms with E-state index >= 15 is 0 Å². The maximum atomic E-state index is 4.57. The lowest BCUT2D eigenvalue weighted by molar-refractivity contribution is 0.807. The third-order valence-corrected chi connectivity index (χ3v) is 5.02. The summed E-state index contributed by atoms with van der Waals surface area (Å²) in [6, 6.07) is 11.2. The van der Waals surface area contributed by atoms with E-state index in [1.807, 2.05) is 6.07 Å². The summed E-state index contributed by atoms with van der Waals surface area (Å²) in [5, 5.41) is 0. The Kier molecular flexibility index (Phi) is 6.02. The van der Waals surface area contributed by atoms with Crippen molar-refractivity contribution in [2.45, 2.75) is 64.2 Å². The molecule has 0 bridgehead atoms. The topological polar surface area (TPSA) is 0 Å². The highest BCUT2D eigenvalue weighted by molar-refractivity contribution is 9.10. The number of benzene rings is 2. The summed E-state index contributed by atoms with van der Waals surface area (Å²) in [4.78, 5) is 0.992. The largest absolute Gasteiger partial charge is 0.143 e. The Bertz CT molecular complexity index is 650. The van der Waals surface area contributed by atoms with Crippen molar-refractivity contribution in [3.63, 3.8) is 0 Å². The summed E-state index contributed by atoms with van der Waals surface area (Å²) >= 11 is 8.19. The first-order valence-corrected chi connectivity index (χ1v) is 9.62. The Morgan fingerprint density at radius 1 is 0.739 bits per heavy atom. The molecular weight excluding hydrogens is 364 g/mol. The van der Waals surface area contributed by atoms with Crippen molar-refractivity contribution in [3.8, 4) is 11.1 Å². The molecule has 0 spiro atoms. The lowest BCUT2D eigenvalue weighted by Crippen LogP contribution is -2.03. The third kappa shape index (κ3) is 4.22. The minimum Gasteiger partial charge on any atom is -0.143 e. The fraction of sp³-hybridized carbons (Fsp3) is 0.429. The molecular formula is C21H27BrS. The molecule has 0 N–H and O–H groups in total. The summed E-state index contributed by atoms with van der Waals surface area (Å²) < 4.78 is 1.08. The van der Waals surface area contributed by atoms with E-state index in [-0.39, 0.29) is 0 Å². The predicted octanol–water partition coefficient (Wildman–Crippen LogP) is 7.78. The van der Waals surface area contributed by atoms with Gasteiger partial charge in [0.2, 0.25) is 0 Å². The van der Waals surface area contributed by atoms with Crippen molar-refractivity contribution in [2.75, 3.05) is 0 Å². The summed E-state index contributed by atoms with van der Waals surface area (Å²) in [7, 11) is 0. The zero-order valence-corrected chi connectivity index (χ0v) is 17.4. The van der Waals surface area contributed by atoms with Crippen LogP contribution < -0.4 is 0 Å². The summed E-state index contributed by atoms with van der Waals surface area (Å²) in [6.07, 6.45) is 0. The summed E-state index contributed by atoms with van der Waals surface area (Å²) in [5.41, 5.74) is 6.95. The maximum absolute atomic E-state index is 4.57. The average Bonchev–Trinajstić information content (AvgIpc) is 2.44. The van der Waals surface area contributed by atoms with Gasteiger partial charge in [0.15, 0.2) is 0 Å². The molecule has 0 saturated heterocycles. The van der Waals surface area contributed by atoms with Crippen LogP contribution in [0.25, 0.3) is 11.1 Å². The van der Waals surface area contributed by atoms with Crippen molar-refractivity contribution < 1.29 is 0 Å². The van der Waals surface area contributed by atoms with Crippen LogP contribution in [0.2, 0.25) is 0 Å². The van der Waals surface area contributed by atoms with E-state index in [0.29, 0.717) is 17.8 Å². The molecule has 0 heterocycles. The Hall–Kier alpha value is -0.730. The molecule has 0 aliphatic rings. The number of hydrogen-bond acceptors (Lipinski definition) is 1.